The van der Waals surface area contributed by atoms with Crippen LogP contribution in [0.2, 0.25) is 0 Å². The van der Waals surface area contributed by atoms with Crippen LogP contribution >= 0.6 is 0 Å². The summed E-state index contributed by atoms with van der Waals surface area (Å²) < 4.78 is 0. The molecule has 26 heavy (non-hydrogen) atoms. The zero-order valence-electron chi connectivity index (χ0n) is 15.6. The van der Waals surface area contributed by atoms with Gasteiger partial charge in [0.25, 0.3) is 0 Å². The molecule has 0 bridgehead atoms. The lowest BCUT2D eigenvalue weighted by Crippen LogP contribution is -2.49. The molecule has 0 radical (unpaired) electrons. The second kappa shape index (κ2) is 10.7. The van der Waals surface area contributed by atoms with Gasteiger partial charge in [0.2, 0.25) is 11.8 Å². The maximum absolute atomic E-state index is 12.4. The number of carbonyl (C=O) groups excluding carboxylic acids is 2. The number of rotatable bonds is 11. The maximum Gasteiger partial charge on any atom is 0.224 e. The minimum absolute atomic E-state index is 0.00927. The molecule has 0 saturated carbocycles. The van der Waals surface area contributed by atoms with Crippen LogP contribution in [-0.2, 0) is 16.0 Å². The topological polar surface area (TPSA) is 98.7 Å². The van der Waals surface area contributed by atoms with Crippen LogP contribution in [-0.4, -0.2) is 46.8 Å². The average Bonchev–Trinajstić information content (AvgIpc) is 2.61. The largest absolute Gasteiger partial charge is 0.394 e. The van der Waals surface area contributed by atoms with E-state index in [1.54, 1.807) is 19.9 Å². The van der Waals surface area contributed by atoms with Gasteiger partial charge >= 0.3 is 0 Å². The molecule has 0 fully saturated rings. The molecule has 0 aliphatic heterocycles. The van der Waals surface area contributed by atoms with Gasteiger partial charge < -0.3 is 20.8 Å². The first kappa shape index (κ1) is 21.9. The SMILES string of the molecule is C=CCC(CC(=O)NC(CO)Cc1ccccc1)C(=O)NC(C)(C)CO. The molecule has 1 aromatic rings. The van der Waals surface area contributed by atoms with E-state index >= 15 is 0 Å². The van der Waals surface area contributed by atoms with E-state index in [0.29, 0.717) is 12.8 Å². The zero-order chi connectivity index (χ0) is 19.6. The molecule has 6 heteroatoms. The van der Waals surface area contributed by atoms with Gasteiger partial charge in [0, 0.05) is 6.42 Å². The molecular formula is C20H30N2O4. The molecular weight excluding hydrogens is 332 g/mol. The molecule has 144 valence electrons. The predicted octanol–water partition coefficient (Wildman–Crippen LogP) is 1.18. The van der Waals surface area contributed by atoms with Crippen LogP contribution < -0.4 is 10.6 Å². The Labute approximate surface area is 155 Å². The molecule has 0 aliphatic carbocycles. The second-order valence-electron chi connectivity index (χ2n) is 7.09. The number of nitrogens with one attached hydrogen (secondary N) is 2. The maximum atomic E-state index is 12.4. The smallest absolute Gasteiger partial charge is 0.224 e. The Kier molecular flexibility index (Phi) is 9.02. The van der Waals surface area contributed by atoms with Crippen molar-refractivity contribution in [1.29, 1.82) is 0 Å². The van der Waals surface area contributed by atoms with Crippen molar-refractivity contribution in [3.63, 3.8) is 0 Å². The highest BCUT2D eigenvalue weighted by molar-refractivity contribution is 5.86. The Hall–Kier alpha value is -2.18. The molecule has 0 aliphatic rings. The number of allylic oxidation sites excluding steroid dienone is 1. The summed E-state index contributed by atoms with van der Waals surface area (Å²) in [7, 11) is 0. The molecule has 2 unspecified atom stereocenters. The van der Waals surface area contributed by atoms with Gasteiger partial charge in [0.05, 0.1) is 30.7 Å². The van der Waals surface area contributed by atoms with Crippen molar-refractivity contribution in [2.75, 3.05) is 13.2 Å². The number of hydrogen-bond donors (Lipinski definition) is 4. The Morgan fingerprint density at radius 3 is 2.42 bits per heavy atom. The van der Waals surface area contributed by atoms with Gasteiger partial charge in [-0.2, -0.15) is 0 Å². The van der Waals surface area contributed by atoms with E-state index in [9.17, 15) is 19.8 Å². The van der Waals surface area contributed by atoms with Gasteiger partial charge in [-0.3, -0.25) is 9.59 Å². The predicted molar refractivity (Wildman–Crippen MR) is 101 cm³/mol. The summed E-state index contributed by atoms with van der Waals surface area (Å²) in [5.74, 6) is -1.18. The molecule has 0 aromatic heterocycles. The Morgan fingerprint density at radius 2 is 1.88 bits per heavy atom. The van der Waals surface area contributed by atoms with Crippen LogP contribution in [0.15, 0.2) is 43.0 Å². The fraction of sp³-hybridized carbons (Fsp3) is 0.500. The third kappa shape index (κ3) is 7.80. The highest BCUT2D eigenvalue weighted by atomic mass is 16.3. The third-order valence-corrected chi connectivity index (χ3v) is 4.02. The van der Waals surface area contributed by atoms with Gasteiger partial charge in [-0.25, -0.2) is 0 Å². The van der Waals surface area contributed by atoms with Crippen LogP contribution in [0.25, 0.3) is 0 Å². The lowest BCUT2D eigenvalue weighted by atomic mass is 9.97. The Bertz CT molecular complexity index is 587. The number of hydrogen-bond acceptors (Lipinski definition) is 4. The number of amides is 2. The van der Waals surface area contributed by atoms with Crippen molar-refractivity contribution < 1.29 is 19.8 Å². The monoisotopic (exact) mass is 362 g/mol. The fourth-order valence-electron chi connectivity index (χ4n) is 2.53. The molecule has 2 atom stereocenters. The average molecular weight is 362 g/mol. The molecule has 0 heterocycles. The van der Waals surface area contributed by atoms with Gasteiger partial charge in [0.1, 0.15) is 0 Å². The number of aliphatic hydroxyl groups is 2. The van der Waals surface area contributed by atoms with E-state index in [0.717, 1.165) is 5.56 Å². The zero-order valence-corrected chi connectivity index (χ0v) is 15.6. The van der Waals surface area contributed by atoms with Gasteiger partial charge in [-0.1, -0.05) is 36.4 Å². The molecule has 6 nitrogen and oxygen atoms in total. The van der Waals surface area contributed by atoms with Gasteiger partial charge in [0.15, 0.2) is 0 Å². The van der Waals surface area contributed by atoms with Gasteiger partial charge in [-0.05, 0) is 32.3 Å². The van der Waals surface area contributed by atoms with Crippen LogP contribution in [0.4, 0.5) is 0 Å². The minimum atomic E-state index is -0.756. The summed E-state index contributed by atoms with van der Waals surface area (Å²) >= 11 is 0. The Morgan fingerprint density at radius 1 is 1.23 bits per heavy atom. The first-order valence-corrected chi connectivity index (χ1v) is 8.79. The second-order valence-corrected chi connectivity index (χ2v) is 7.09. The quantitative estimate of drug-likeness (QED) is 0.444. The third-order valence-electron chi connectivity index (χ3n) is 4.02. The van der Waals surface area contributed by atoms with Gasteiger partial charge in [-0.15, -0.1) is 6.58 Å². The normalized spacial score (nSPS) is 13.5. The summed E-state index contributed by atoms with van der Waals surface area (Å²) in [6.07, 6.45) is 2.45. The molecule has 4 N–H and O–H groups in total. The van der Waals surface area contributed by atoms with E-state index in [-0.39, 0.29) is 31.4 Å². The van der Waals surface area contributed by atoms with Crippen molar-refractivity contribution in [1.82, 2.24) is 10.6 Å². The van der Waals surface area contributed by atoms with E-state index in [1.807, 2.05) is 30.3 Å². The van der Waals surface area contributed by atoms with Crippen molar-refractivity contribution in [2.24, 2.45) is 5.92 Å². The van der Waals surface area contributed by atoms with Crippen molar-refractivity contribution in [2.45, 2.75) is 44.7 Å². The van der Waals surface area contributed by atoms with Crippen molar-refractivity contribution in [3.05, 3.63) is 48.6 Å². The van der Waals surface area contributed by atoms with Crippen LogP contribution in [0.3, 0.4) is 0 Å². The summed E-state index contributed by atoms with van der Waals surface area (Å²) in [6.45, 7) is 6.67. The van der Waals surface area contributed by atoms with Crippen LogP contribution in [0, 0.1) is 5.92 Å². The van der Waals surface area contributed by atoms with Crippen molar-refractivity contribution in [3.8, 4) is 0 Å². The summed E-state index contributed by atoms with van der Waals surface area (Å²) in [4.78, 5) is 24.7. The lowest BCUT2D eigenvalue weighted by molar-refractivity contribution is -0.132. The lowest BCUT2D eigenvalue weighted by Gasteiger charge is -2.26. The molecule has 0 saturated heterocycles. The number of benzene rings is 1. The fourth-order valence-corrected chi connectivity index (χ4v) is 2.53. The molecule has 1 rings (SSSR count). The standard InChI is InChI=1S/C20H30N2O4/c1-4-8-16(19(26)22-20(2,3)14-24)12-18(25)21-17(13-23)11-15-9-6-5-7-10-15/h4-7,9-10,16-17,23-24H,1,8,11-14H2,2-3H3,(H,21,25)(H,22,26). The van der Waals surface area contributed by atoms with Crippen LogP contribution in [0.1, 0.15) is 32.3 Å². The highest BCUT2D eigenvalue weighted by Crippen LogP contribution is 2.13. The van der Waals surface area contributed by atoms with Crippen LogP contribution in [0.5, 0.6) is 0 Å². The van der Waals surface area contributed by atoms with E-state index < -0.39 is 17.5 Å². The summed E-state index contributed by atoms with van der Waals surface area (Å²) in [5, 5.41) is 24.3. The number of aliphatic hydroxyl groups excluding tert-OH is 2. The van der Waals surface area contributed by atoms with E-state index in [1.165, 1.54) is 0 Å². The minimum Gasteiger partial charge on any atom is -0.394 e. The summed E-state index contributed by atoms with van der Waals surface area (Å²) in [5.41, 5.74) is 0.255. The molecule has 0 spiro atoms. The summed E-state index contributed by atoms with van der Waals surface area (Å²) in [6, 6.07) is 9.16. The van der Waals surface area contributed by atoms with E-state index in [2.05, 4.69) is 17.2 Å². The number of carbonyl (C=O) groups is 2. The first-order valence-electron chi connectivity index (χ1n) is 8.79. The Balaban J connectivity index is 2.65. The highest BCUT2D eigenvalue weighted by Gasteiger charge is 2.27. The molecule has 1 aromatic carbocycles. The van der Waals surface area contributed by atoms with E-state index in [4.69, 9.17) is 0 Å². The first-order chi connectivity index (χ1) is 12.3. The molecule has 2 amide bonds. The van der Waals surface area contributed by atoms with Crippen molar-refractivity contribution >= 4 is 11.8 Å².